The molecular weight excluding hydrogens is 230 g/mol. The molecule has 1 rings (SSSR count). The summed E-state index contributed by atoms with van der Waals surface area (Å²) in [5.74, 6) is -0.188. The van der Waals surface area contributed by atoms with Gasteiger partial charge in [0.05, 0.1) is 12.4 Å². The molecule has 7 heteroatoms. The number of hydrogen-bond acceptors (Lipinski definition) is 6. The average molecular weight is 245 g/mol. The minimum absolute atomic E-state index is 0.0979. The van der Waals surface area contributed by atoms with E-state index < -0.39 is 0 Å². The van der Waals surface area contributed by atoms with Gasteiger partial charge in [-0.25, -0.2) is 0 Å². The zero-order valence-electron chi connectivity index (χ0n) is 9.28. The van der Waals surface area contributed by atoms with Gasteiger partial charge in [-0.15, -0.1) is 0 Å². The second kappa shape index (κ2) is 6.37. The smallest absolute Gasteiger partial charge is 0.316 e. The van der Waals surface area contributed by atoms with Crippen LogP contribution in [0.5, 0.6) is 0 Å². The molecule has 0 bridgehead atoms. The number of thioether (sulfide) groups is 1. The van der Waals surface area contributed by atoms with Gasteiger partial charge in [-0.05, 0) is 5.92 Å². The first-order valence-electron chi connectivity index (χ1n) is 4.96. The lowest BCUT2D eigenvalue weighted by molar-refractivity contribution is -0.141. The Morgan fingerprint density at radius 1 is 1.62 bits per heavy atom. The summed E-state index contributed by atoms with van der Waals surface area (Å²) in [6.45, 7) is 4.64. The average Bonchev–Trinajstić information content (AvgIpc) is 2.25. The van der Waals surface area contributed by atoms with Gasteiger partial charge in [-0.2, -0.15) is 5.10 Å². The lowest BCUT2D eigenvalue weighted by Gasteiger charge is -2.13. The topological polar surface area (TPSA) is 79.8 Å². The zero-order valence-corrected chi connectivity index (χ0v) is 10.1. The maximum atomic E-state index is 11.2. The van der Waals surface area contributed by atoms with Crippen LogP contribution in [-0.4, -0.2) is 35.9 Å². The van der Waals surface area contributed by atoms with Crippen LogP contribution in [0, 0.1) is 5.92 Å². The molecular formula is C9H15N3O3S. The van der Waals surface area contributed by atoms with Crippen LogP contribution in [-0.2, 0) is 14.3 Å². The second-order valence-corrected chi connectivity index (χ2v) is 4.59. The zero-order chi connectivity index (χ0) is 12.0. The first kappa shape index (κ1) is 12.8. The van der Waals surface area contributed by atoms with Crippen LogP contribution in [0.25, 0.3) is 0 Å². The van der Waals surface area contributed by atoms with Crippen molar-refractivity contribution >= 4 is 28.7 Å². The number of carbonyl (C=O) groups is 2. The number of ether oxygens (including phenoxy) is 1. The fourth-order valence-corrected chi connectivity index (χ4v) is 1.55. The molecule has 6 nitrogen and oxygen atoms in total. The van der Waals surface area contributed by atoms with Gasteiger partial charge in [0.25, 0.3) is 5.91 Å². The molecule has 0 aromatic heterocycles. The molecule has 2 N–H and O–H groups in total. The maximum Gasteiger partial charge on any atom is 0.316 e. The van der Waals surface area contributed by atoms with E-state index in [-0.39, 0.29) is 22.7 Å². The van der Waals surface area contributed by atoms with Gasteiger partial charge in [0.15, 0.2) is 5.04 Å². The summed E-state index contributed by atoms with van der Waals surface area (Å²) in [6.07, 6.45) is 0. The van der Waals surface area contributed by atoms with Crippen molar-refractivity contribution in [1.82, 2.24) is 10.7 Å². The quantitative estimate of drug-likeness (QED) is 0.677. The Hall–Kier alpha value is -1.24. The third kappa shape index (κ3) is 4.52. The van der Waals surface area contributed by atoms with Crippen LogP contribution in [0.2, 0.25) is 0 Å². The van der Waals surface area contributed by atoms with Crippen LogP contribution >= 0.6 is 11.8 Å². The predicted molar refractivity (Wildman–Crippen MR) is 61.8 cm³/mol. The third-order valence-electron chi connectivity index (χ3n) is 1.61. The fraction of sp³-hybridized carbons (Fsp3) is 0.667. The van der Waals surface area contributed by atoms with Crippen LogP contribution < -0.4 is 10.7 Å². The molecule has 16 heavy (non-hydrogen) atoms. The number of esters is 1. The van der Waals surface area contributed by atoms with Gasteiger partial charge >= 0.3 is 5.97 Å². The lowest BCUT2D eigenvalue weighted by Crippen LogP contribution is -2.41. The van der Waals surface area contributed by atoms with Crippen molar-refractivity contribution in [3.8, 4) is 0 Å². The molecule has 0 atom stereocenters. The van der Waals surface area contributed by atoms with E-state index in [1.807, 2.05) is 13.8 Å². The summed E-state index contributed by atoms with van der Waals surface area (Å²) in [7, 11) is 0. The molecule has 0 spiro atoms. The number of nitrogens with one attached hydrogen (secondary N) is 2. The van der Waals surface area contributed by atoms with E-state index in [2.05, 4.69) is 15.8 Å². The van der Waals surface area contributed by atoms with Gasteiger partial charge in [0.1, 0.15) is 6.67 Å². The minimum atomic E-state index is -0.334. The summed E-state index contributed by atoms with van der Waals surface area (Å²) >= 11 is 1.07. The summed E-state index contributed by atoms with van der Waals surface area (Å²) < 4.78 is 4.96. The number of nitrogens with zero attached hydrogens (tertiary/aromatic N) is 1. The highest BCUT2D eigenvalue weighted by atomic mass is 32.2. The monoisotopic (exact) mass is 245 g/mol. The maximum absolute atomic E-state index is 11.2. The van der Waals surface area contributed by atoms with Gasteiger partial charge in [0, 0.05) is 0 Å². The van der Waals surface area contributed by atoms with Crippen LogP contribution in [0.3, 0.4) is 0 Å². The van der Waals surface area contributed by atoms with Gasteiger partial charge in [0.2, 0.25) is 0 Å². The molecule has 0 aromatic rings. The molecule has 0 aromatic carbocycles. The predicted octanol–water partition coefficient (Wildman–Crippen LogP) is -0.0908. The fourth-order valence-electron chi connectivity index (χ4n) is 0.884. The molecule has 1 aliphatic rings. The van der Waals surface area contributed by atoms with Gasteiger partial charge in [-0.1, -0.05) is 25.6 Å². The number of carbonyl (C=O) groups excluding carboxylic acids is 2. The van der Waals surface area contributed by atoms with Crippen molar-refractivity contribution < 1.29 is 14.3 Å². The van der Waals surface area contributed by atoms with E-state index in [9.17, 15) is 9.59 Å². The van der Waals surface area contributed by atoms with Crippen LogP contribution in [0.4, 0.5) is 0 Å². The van der Waals surface area contributed by atoms with Crippen LogP contribution in [0.1, 0.15) is 13.8 Å². The van der Waals surface area contributed by atoms with Crippen LogP contribution in [0.15, 0.2) is 5.10 Å². The Morgan fingerprint density at radius 2 is 2.38 bits per heavy atom. The molecule has 0 radical (unpaired) electrons. The van der Waals surface area contributed by atoms with E-state index in [4.69, 9.17) is 4.74 Å². The standard InChI is InChI=1S/C9H15N3O3S/c1-6(2)3-15-7(13)4-16-9-8(14)10-5-11-12-9/h6,11H,3-5H2,1-2H3,(H,10,14). The molecule has 0 aliphatic carbocycles. The summed E-state index contributed by atoms with van der Waals surface area (Å²) in [4.78, 5) is 22.5. The highest BCUT2D eigenvalue weighted by Gasteiger charge is 2.17. The molecule has 0 unspecified atom stereocenters. The molecule has 1 amide bonds. The number of amides is 1. The highest BCUT2D eigenvalue weighted by Crippen LogP contribution is 2.06. The van der Waals surface area contributed by atoms with E-state index in [1.54, 1.807) is 0 Å². The van der Waals surface area contributed by atoms with Crippen molar-refractivity contribution in [2.24, 2.45) is 11.0 Å². The third-order valence-corrected chi connectivity index (χ3v) is 2.54. The van der Waals surface area contributed by atoms with Crippen molar-refractivity contribution in [3.05, 3.63) is 0 Å². The molecule has 0 saturated heterocycles. The van der Waals surface area contributed by atoms with Crippen molar-refractivity contribution in [1.29, 1.82) is 0 Å². The minimum Gasteiger partial charge on any atom is -0.465 e. The van der Waals surface area contributed by atoms with Crippen molar-refractivity contribution in [3.63, 3.8) is 0 Å². The SMILES string of the molecule is CC(C)COC(=O)CSC1=NNCNC1=O. The largest absolute Gasteiger partial charge is 0.465 e. The lowest BCUT2D eigenvalue weighted by atomic mass is 10.2. The van der Waals surface area contributed by atoms with Crippen molar-refractivity contribution in [2.45, 2.75) is 13.8 Å². The molecule has 90 valence electrons. The first-order valence-corrected chi connectivity index (χ1v) is 5.95. The Bertz CT molecular complexity index is 304. The van der Waals surface area contributed by atoms with Crippen molar-refractivity contribution in [2.75, 3.05) is 19.0 Å². The Balaban J connectivity index is 2.26. The Kier molecular flexibility index (Phi) is 5.10. The summed E-state index contributed by atoms with van der Waals surface area (Å²) in [5.41, 5.74) is 2.62. The Labute approximate surface area is 98.2 Å². The van der Waals surface area contributed by atoms with E-state index in [1.165, 1.54) is 0 Å². The first-order chi connectivity index (χ1) is 7.59. The molecule has 1 heterocycles. The van der Waals surface area contributed by atoms with E-state index in [0.717, 1.165) is 11.8 Å². The molecule has 0 fully saturated rings. The Morgan fingerprint density at radius 3 is 3.00 bits per heavy atom. The van der Waals surface area contributed by atoms with Gasteiger partial charge in [-0.3, -0.25) is 15.0 Å². The van der Waals surface area contributed by atoms with Gasteiger partial charge < -0.3 is 10.1 Å². The number of hydrogen-bond donors (Lipinski definition) is 2. The summed E-state index contributed by atoms with van der Waals surface area (Å²) in [5, 5.41) is 6.60. The number of rotatable bonds is 4. The number of hydrazone groups is 1. The molecule has 0 saturated carbocycles. The second-order valence-electron chi connectivity index (χ2n) is 3.62. The molecule has 1 aliphatic heterocycles. The summed E-state index contributed by atoms with van der Waals surface area (Å²) in [6, 6.07) is 0. The van der Waals surface area contributed by atoms with E-state index in [0.29, 0.717) is 19.2 Å². The highest BCUT2D eigenvalue weighted by molar-refractivity contribution is 8.16. The normalized spacial score (nSPS) is 15.2. The van der Waals surface area contributed by atoms with E-state index >= 15 is 0 Å².